The third kappa shape index (κ3) is 3.10. The maximum Gasteiger partial charge on any atom is 0.275 e. The van der Waals surface area contributed by atoms with E-state index in [0.29, 0.717) is 22.0 Å². The van der Waals surface area contributed by atoms with Crippen LogP contribution < -0.4 is 16.0 Å². The van der Waals surface area contributed by atoms with Gasteiger partial charge in [-0.15, -0.1) is 0 Å². The molecule has 0 saturated heterocycles. The summed E-state index contributed by atoms with van der Waals surface area (Å²) in [5, 5.41) is 19.8. The van der Waals surface area contributed by atoms with Crippen LogP contribution in [0.1, 0.15) is 11.1 Å². The fourth-order valence-corrected chi connectivity index (χ4v) is 2.93. The number of methoxy groups -OCH3 is 1. The molecular formula is C20H13ClN4O2. The number of benzene rings is 2. The number of nitrogens with two attached hydrogens (primary N) is 1. The first-order valence-corrected chi connectivity index (χ1v) is 8.18. The molecule has 0 spiro atoms. The number of ether oxygens (including phenoxy) is 1. The second-order valence-electron chi connectivity index (χ2n) is 5.58. The normalized spacial score (nSPS) is 10.1. The van der Waals surface area contributed by atoms with E-state index in [4.69, 9.17) is 22.1 Å². The second-order valence-corrected chi connectivity index (χ2v) is 6.02. The molecule has 3 rings (SSSR count). The van der Waals surface area contributed by atoms with E-state index in [1.165, 1.54) is 7.11 Å². The third-order valence-electron chi connectivity index (χ3n) is 4.10. The lowest BCUT2D eigenvalue weighted by Gasteiger charge is -2.16. The van der Waals surface area contributed by atoms with E-state index in [1.807, 2.05) is 12.1 Å². The highest BCUT2D eigenvalue weighted by molar-refractivity contribution is 6.30. The molecule has 0 aliphatic carbocycles. The van der Waals surface area contributed by atoms with Gasteiger partial charge in [-0.2, -0.15) is 10.5 Å². The van der Waals surface area contributed by atoms with Gasteiger partial charge in [-0.1, -0.05) is 23.7 Å². The van der Waals surface area contributed by atoms with Crippen LogP contribution in [0.15, 0.2) is 53.3 Å². The Hall–Kier alpha value is -3.74. The molecule has 0 unspecified atom stereocenters. The van der Waals surface area contributed by atoms with Crippen molar-refractivity contribution in [2.75, 3.05) is 12.8 Å². The van der Waals surface area contributed by atoms with Gasteiger partial charge < -0.3 is 10.5 Å². The first-order chi connectivity index (χ1) is 13.0. The van der Waals surface area contributed by atoms with Crippen molar-refractivity contribution in [1.29, 1.82) is 10.5 Å². The van der Waals surface area contributed by atoms with Crippen LogP contribution in [-0.2, 0) is 0 Å². The Balaban J connectivity index is 2.37. The van der Waals surface area contributed by atoms with Crippen molar-refractivity contribution in [1.82, 2.24) is 4.57 Å². The molecule has 3 aromatic rings. The average Bonchev–Trinajstić information content (AvgIpc) is 2.69. The number of anilines is 1. The predicted molar refractivity (Wildman–Crippen MR) is 103 cm³/mol. The van der Waals surface area contributed by atoms with Crippen LogP contribution in [0.25, 0.3) is 16.8 Å². The van der Waals surface area contributed by atoms with Crippen molar-refractivity contribution in [3.63, 3.8) is 0 Å². The number of hydrogen-bond acceptors (Lipinski definition) is 5. The summed E-state index contributed by atoms with van der Waals surface area (Å²) in [4.78, 5) is 13.0. The topological polar surface area (TPSA) is 105 Å². The predicted octanol–water partition coefficient (Wildman–Crippen LogP) is 3.49. The quantitative estimate of drug-likeness (QED) is 0.753. The molecule has 2 aromatic carbocycles. The fraction of sp³-hybridized carbons (Fsp3) is 0.0500. The first kappa shape index (κ1) is 18.1. The summed E-state index contributed by atoms with van der Waals surface area (Å²) < 4.78 is 6.26. The van der Waals surface area contributed by atoms with Crippen LogP contribution in [0.3, 0.4) is 0 Å². The Labute approximate surface area is 160 Å². The van der Waals surface area contributed by atoms with E-state index >= 15 is 0 Å². The number of rotatable bonds is 3. The van der Waals surface area contributed by atoms with E-state index in [0.717, 1.165) is 4.57 Å². The molecule has 1 aromatic heterocycles. The molecule has 0 radical (unpaired) electrons. The zero-order chi connectivity index (χ0) is 19.6. The van der Waals surface area contributed by atoms with Crippen molar-refractivity contribution in [3.8, 4) is 34.7 Å². The van der Waals surface area contributed by atoms with Crippen LogP contribution in [0.4, 0.5) is 5.82 Å². The second kappa shape index (κ2) is 7.25. The van der Waals surface area contributed by atoms with Crippen LogP contribution in [-0.4, -0.2) is 11.7 Å². The highest BCUT2D eigenvalue weighted by Gasteiger charge is 2.22. The van der Waals surface area contributed by atoms with Gasteiger partial charge in [0.2, 0.25) is 0 Å². The Morgan fingerprint density at radius 3 is 2.11 bits per heavy atom. The monoisotopic (exact) mass is 376 g/mol. The van der Waals surface area contributed by atoms with Crippen molar-refractivity contribution >= 4 is 17.4 Å². The van der Waals surface area contributed by atoms with Gasteiger partial charge in [0.05, 0.1) is 12.8 Å². The van der Waals surface area contributed by atoms with E-state index in [2.05, 4.69) is 0 Å². The lowest BCUT2D eigenvalue weighted by molar-refractivity contribution is 0.415. The summed E-state index contributed by atoms with van der Waals surface area (Å²) >= 11 is 5.89. The number of nitriles is 2. The molecule has 7 heteroatoms. The minimum absolute atomic E-state index is 0.0466. The standard InChI is InChI=1S/C20H13ClN4O2/c1-27-15-8-2-12(3-9-15)18-16(10-22)19(24)25(20(26)17(18)11-23)14-6-4-13(21)5-7-14/h2-9H,24H2,1H3. The van der Waals surface area contributed by atoms with Crippen molar-refractivity contribution < 1.29 is 4.74 Å². The van der Waals surface area contributed by atoms with Crippen LogP contribution in [0.2, 0.25) is 5.02 Å². The van der Waals surface area contributed by atoms with Crippen LogP contribution >= 0.6 is 11.6 Å². The number of hydrogen-bond donors (Lipinski definition) is 1. The molecule has 2 N–H and O–H groups in total. The number of halogens is 1. The Morgan fingerprint density at radius 1 is 1.00 bits per heavy atom. The number of nitrogen functional groups attached to an aromatic ring is 1. The summed E-state index contributed by atoms with van der Waals surface area (Å²) in [5.74, 6) is 0.563. The Morgan fingerprint density at radius 2 is 1.59 bits per heavy atom. The highest BCUT2D eigenvalue weighted by Crippen LogP contribution is 2.31. The van der Waals surface area contributed by atoms with Crippen LogP contribution in [0.5, 0.6) is 5.75 Å². The molecule has 27 heavy (non-hydrogen) atoms. The SMILES string of the molecule is COc1ccc(-c2c(C#N)c(N)n(-c3ccc(Cl)cc3)c(=O)c2C#N)cc1. The van der Waals surface area contributed by atoms with Gasteiger partial charge in [0.25, 0.3) is 5.56 Å². The number of nitrogens with zero attached hydrogens (tertiary/aromatic N) is 3. The lowest BCUT2D eigenvalue weighted by atomic mass is 9.96. The summed E-state index contributed by atoms with van der Waals surface area (Å²) in [7, 11) is 1.53. The summed E-state index contributed by atoms with van der Waals surface area (Å²) in [6.45, 7) is 0. The molecule has 132 valence electrons. The first-order valence-electron chi connectivity index (χ1n) is 7.80. The van der Waals surface area contributed by atoms with Gasteiger partial charge in [0, 0.05) is 10.6 Å². The Bertz CT molecular complexity index is 1150. The van der Waals surface area contributed by atoms with Gasteiger partial charge in [-0.25, -0.2) is 0 Å². The maximum atomic E-state index is 13.0. The highest BCUT2D eigenvalue weighted by atomic mass is 35.5. The summed E-state index contributed by atoms with van der Waals surface area (Å²) in [6, 6.07) is 17.0. The van der Waals surface area contributed by atoms with Gasteiger partial charge in [-0.05, 0) is 42.0 Å². The van der Waals surface area contributed by atoms with E-state index < -0.39 is 5.56 Å². The minimum atomic E-state index is -0.609. The van der Waals surface area contributed by atoms with Crippen LogP contribution in [0, 0.1) is 22.7 Å². The average molecular weight is 377 g/mol. The molecule has 0 atom stereocenters. The molecule has 0 saturated carbocycles. The third-order valence-corrected chi connectivity index (χ3v) is 4.35. The maximum absolute atomic E-state index is 13.0. The molecule has 0 aliphatic heterocycles. The summed E-state index contributed by atoms with van der Waals surface area (Å²) in [6.07, 6.45) is 0. The molecule has 0 bridgehead atoms. The molecule has 0 aliphatic rings. The van der Waals surface area contributed by atoms with Crippen molar-refractivity contribution in [2.45, 2.75) is 0 Å². The molecular weight excluding hydrogens is 364 g/mol. The van der Waals surface area contributed by atoms with Gasteiger partial charge in [0.1, 0.15) is 34.8 Å². The van der Waals surface area contributed by atoms with Gasteiger partial charge in [0.15, 0.2) is 0 Å². The van der Waals surface area contributed by atoms with Gasteiger partial charge in [-0.3, -0.25) is 9.36 Å². The number of pyridine rings is 1. The molecule has 6 nitrogen and oxygen atoms in total. The summed E-state index contributed by atoms with van der Waals surface area (Å²) in [5.41, 5.74) is 6.57. The molecule has 0 amide bonds. The fourth-order valence-electron chi connectivity index (χ4n) is 2.80. The van der Waals surface area contributed by atoms with E-state index in [9.17, 15) is 15.3 Å². The smallest absolute Gasteiger partial charge is 0.275 e. The largest absolute Gasteiger partial charge is 0.497 e. The minimum Gasteiger partial charge on any atom is -0.497 e. The van der Waals surface area contributed by atoms with E-state index in [-0.39, 0.29) is 22.5 Å². The molecule has 1 heterocycles. The Kier molecular flexibility index (Phi) is 4.85. The number of aromatic nitrogens is 1. The van der Waals surface area contributed by atoms with Crippen molar-refractivity contribution in [2.24, 2.45) is 0 Å². The zero-order valence-corrected chi connectivity index (χ0v) is 15.0. The van der Waals surface area contributed by atoms with E-state index in [1.54, 1.807) is 48.5 Å². The zero-order valence-electron chi connectivity index (χ0n) is 14.2. The van der Waals surface area contributed by atoms with Crippen molar-refractivity contribution in [3.05, 3.63) is 75.0 Å². The lowest BCUT2D eigenvalue weighted by Crippen LogP contribution is -2.26. The molecule has 0 fully saturated rings. The van der Waals surface area contributed by atoms with Gasteiger partial charge >= 0.3 is 0 Å².